The maximum absolute atomic E-state index is 10.7. The lowest BCUT2D eigenvalue weighted by molar-refractivity contribution is -0.136. The molecule has 1 N–H and O–H groups in total. The van der Waals surface area contributed by atoms with Crippen LogP contribution >= 0.6 is 11.3 Å². The number of hydrogen-bond acceptors (Lipinski definition) is 4. The Labute approximate surface area is 144 Å². The molecular formula is C18H19N3O2S. The fourth-order valence-electron chi connectivity index (χ4n) is 3.21. The number of thiophene rings is 1. The summed E-state index contributed by atoms with van der Waals surface area (Å²) >= 11 is 1.86. The van der Waals surface area contributed by atoms with Crippen LogP contribution < -0.4 is 0 Å². The molecule has 1 aromatic carbocycles. The van der Waals surface area contributed by atoms with Gasteiger partial charge >= 0.3 is 5.97 Å². The summed E-state index contributed by atoms with van der Waals surface area (Å²) in [5.74, 6) is -0.771. The fourth-order valence-corrected chi connectivity index (χ4v) is 4.31. The van der Waals surface area contributed by atoms with Crippen LogP contribution in [0.3, 0.4) is 0 Å². The highest BCUT2D eigenvalue weighted by molar-refractivity contribution is 7.19. The SMILES string of the molecule is O=C(O)CCc1cc2n(n1)CCN(Cc1cc3ccccc3s1)C2. The molecule has 3 heterocycles. The van der Waals surface area contributed by atoms with E-state index >= 15 is 0 Å². The van der Waals surface area contributed by atoms with Crippen molar-refractivity contribution < 1.29 is 9.90 Å². The van der Waals surface area contributed by atoms with Crippen LogP contribution in [0.5, 0.6) is 0 Å². The first kappa shape index (κ1) is 15.4. The molecule has 0 radical (unpaired) electrons. The van der Waals surface area contributed by atoms with Crippen molar-refractivity contribution in [2.45, 2.75) is 32.5 Å². The van der Waals surface area contributed by atoms with Crippen molar-refractivity contribution in [3.8, 4) is 0 Å². The van der Waals surface area contributed by atoms with Crippen molar-refractivity contribution in [2.75, 3.05) is 6.54 Å². The Balaban J connectivity index is 1.44. The van der Waals surface area contributed by atoms with Gasteiger partial charge in [0.05, 0.1) is 24.4 Å². The summed E-state index contributed by atoms with van der Waals surface area (Å²) in [6, 6.07) is 12.8. The van der Waals surface area contributed by atoms with Gasteiger partial charge < -0.3 is 5.11 Å². The Bertz CT molecular complexity index is 850. The molecule has 6 heteroatoms. The molecule has 0 fully saturated rings. The molecule has 0 saturated heterocycles. The van der Waals surface area contributed by atoms with Gasteiger partial charge in [-0.05, 0) is 23.6 Å². The predicted molar refractivity (Wildman–Crippen MR) is 94.1 cm³/mol. The van der Waals surface area contributed by atoms with Gasteiger partial charge in [0.25, 0.3) is 0 Å². The van der Waals surface area contributed by atoms with Gasteiger partial charge in [-0.3, -0.25) is 14.4 Å². The number of aliphatic carboxylic acids is 1. The number of carbonyl (C=O) groups is 1. The smallest absolute Gasteiger partial charge is 0.303 e. The molecule has 0 atom stereocenters. The normalized spacial score (nSPS) is 14.8. The minimum atomic E-state index is -0.771. The summed E-state index contributed by atoms with van der Waals surface area (Å²) in [5.41, 5.74) is 2.07. The largest absolute Gasteiger partial charge is 0.481 e. The lowest BCUT2D eigenvalue weighted by Gasteiger charge is -2.26. The van der Waals surface area contributed by atoms with Crippen LogP contribution in [-0.2, 0) is 30.8 Å². The third-order valence-corrected chi connectivity index (χ3v) is 5.48. The van der Waals surface area contributed by atoms with E-state index < -0.39 is 5.97 Å². The van der Waals surface area contributed by atoms with E-state index in [0.29, 0.717) is 6.42 Å². The van der Waals surface area contributed by atoms with Gasteiger partial charge in [-0.1, -0.05) is 18.2 Å². The van der Waals surface area contributed by atoms with E-state index in [9.17, 15) is 4.79 Å². The van der Waals surface area contributed by atoms with Gasteiger partial charge in [0.15, 0.2) is 0 Å². The molecule has 0 unspecified atom stereocenters. The first-order valence-electron chi connectivity index (χ1n) is 8.14. The van der Waals surface area contributed by atoms with Crippen LogP contribution in [0, 0.1) is 0 Å². The predicted octanol–water partition coefficient (Wildman–Crippen LogP) is 3.13. The Hall–Kier alpha value is -2.18. The quantitative estimate of drug-likeness (QED) is 0.774. The van der Waals surface area contributed by atoms with E-state index in [1.165, 1.54) is 20.7 Å². The van der Waals surface area contributed by atoms with Crippen molar-refractivity contribution in [3.63, 3.8) is 0 Å². The molecule has 5 nitrogen and oxygen atoms in total. The number of carboxylic acids is 1. The molecule has 1 aliphatic rings. The van der Waals surface area contributed by atoms with Gasteiger partial charge in [-0.25, -0.2) is 0 Å². The Kier molecular flexibility index (Phi) is 4.08. The zero-order valence-electron chi connectivity index (χ0n) is 13.3. The zero-order chi connectivity index (χ0) is 16.5. The minimum Gasteiger partial charge on any atom is -0.481 e. The Morgan fingerprint density at radius 3 is 2.96 bits per heavy atom. The number of carboxylic acid groups (broad SMARTS) is 1. The van der Waals surface area contributed by atoms with Crippen molar-refractivity contribution in [1.29, 1.82) is 0 Å². The molecule has 2 aromatic heterocycles. The fraction of sp³-hybridized carbons (Fsp3) is 0.333. The molecule has 0 bridgehead atoms. The van der Waals surface area contributed by atoms with Crippen LogP contribution in [0.4, 0.5) is 0 Å². The van der Waals surface area contributed by atoms with E-state index in [1.54, 1.807) is 0 Å². The topological polar surface area (TPSA) is 58.4 Å². The summed E-state index contributed by atoms with van der Waals surface area (Å²) < 4.78 is 3.36. The molecule has 4 rings (SSSR count). The van der Waals surface area contributed by atoms with Crippen LogP contribution in [-0.4, -0.2) is 32.3 Å². The third-order valence-electron chi connectivity index (χ3n) is 4.38. The van der Waals surface area contributed by atoms with Gasteiger partial charge in [0, 0.05) is 35.6 Å². The minimum absolute atomic E-state index is 0.141. The second-order valence-electron chi connectivity index (χ2n) is 6.21. The van der Waals surface area contributed by atoms with E-state index in [1.807, 2.05) is 16.0 Å². The van der Waals surface area contributed by atoms with Crippen LogP contribution in [0.1, 0.15) is 22.7 Å². The first-order valence-corrected chi connectivity index (χ1v) is 8.96. The van der Waals surface area contributed by atoms with Crippen molar-refractivity contribution in [2.24, 2.45) is 0 Å². The number of nitrogens with zero attached hydrogens (tertiary/aromatic N) is 3. The van der Waals surface area contributed by atoms with Crippen molar-refractivity contribution in [1.82, 2.24) is 14.7 Å². The maximum atomic E-state index is 10.7. The number of aromatic nitrogens is 2. The molecule has 124 valence electrons. The number of aryl methyl sites for hydroxylation is 1. The number of hydrogen-bond donors (Lipinski definition) is 1. The highest BCUT2D eigenvalue weighted by Gasteiger charge is 2.19. The average Bonchev–Trinajstić information content (AvgIpc) is 3.15. The van der Waals surface area contributed by atoms with E-state index in [-0.39, 0.29) is 6.42 Å². The maximum Gasteiger partial charge on any atom is 0.303 e. The molecule has 24 heavy (non-hydrogen) atoms. The molecule has 0 saturated carbocycles. The van der Waals surface area contributed by atoms with Crippen molar-refractivity contribution in [3.05, 3.63) is 52.7 Å². The summed E-state index contributed by atoms with van der Waals surface area (Å²) in [7, 11) is 0. The van der Waals surface area contributed by atoms with Crippen molar-refractivity contribution >= 4 is 27.4 Å². The standard InChI is InChI=1S/C18H19N3O2S/c22-18(23)6-5-14-10-15-11-20(7-8-21(15)19-14)12-16-9-13-3-1-2-4-17(13)24-16/h1-4,9-10H,5-8,11-12H2,(H,22,23). The highest BCUT2D eigenvalue weighted by Crippen LogP contribution is 2.27. The molecule has 0 aliphatic carbocycles. The Morgan fingerprint density at radius 2 is 2.12 bits per heavy atom. The molecule has 3 aromatic rings. The summed E-state index contributed by atoms with van der Waals surface area (Å²) in [6.07, 6.45) is 0.646. The number of fused-ring (bicyclic) bond motifs is 2. The van der Waals surface area contributed by atoms with Gasteiger partial charge in [-0.2, -0.15) is 5.10 Å². The monoisotopic (exact) mass is 341 g/mol. The third kappa shape index (κ3) is 3.20. The van der Waals surface area contributed by atoms with E-state index in [2.05, 4.69) is 46.4 Å². The van der Waals surface area contributed by atoms with Gasteiger partial charge in [-0.15, -0.1) is 11.3 Å². The lowest BCUT2D eigenvalue weighted by atomic mass is 10.2. The molecule has 1 aliphatic heterocycles. The number of rotatable bonds is 5. The summed E-state index contributed by atoms with van der Waals surface area (Å²) in [6.45, 7) is 3.66. The second-order valence-corrected chi connectivity index (χ2v) is 7.37. The molecule has 0 spiro atoms. The summed E-state index contributed by atoms with van der Waals surface area (Å²) in [4.78, 5) is 14.5. The van der Waals surface area contributed by atoms with E-state index in [0.717, 1.165) is 31.9 Å². The molecule has 0 amide bonds. The highest BCUT2D eigenvalue weighted by atomic mass is 32.1. The van der Waals surface area contributed by atoms with Gasteiger partial charge in [0.1, 0.15) is 0 Å². The lowest BCUT2D eigenvalue weighted by Crippen LogP contribution is -2.33. The average molecular weight is 341 g/mol. The summed E-state index contributed by atoms with van der Waals surface area (Å²) in [5, 5.41) is 14.6. The first-order chi connectivity index (χ1) is 11.7. The zero-order valence-corrected chi connectivity index (χ0v) is 14.1. The second kappa shape index (κ2) is 6.37. The number of benzene rings is 1. The van der Waals surface area contributed by atoms with Crippen LogP contribution in [0.2, 0.25) is 0 Å². The van der Waals surface area contributed by atoms with E-state index in [4.69, 9.17) is 5.11 Å². The Morgan fingerprint density at radius 1 is 1.25 bits per heavy atom. The van der Waals surface area contributed by atoms with Crippen LogP contribution in [0.15, 0.2) is 36.4 Å². The van der Waals surface area contributed by atoms with Crippen LogP contribution in [0.25, 0.3) is 10.1 Å². The van der Waals surface area contributed by atoms with Gasteiger partial charge in [0.2, 0.25) is 0 Å². The molecular weight excluding hydrogens is 322 g/mol.